The molecule has 0 aromatic heterocycles. The highest BCUT2D eigenvalue weighted by molar-refractivity contribution is 7.89. The summed E-state index contributed by atoms with van der Waals surface area (Å²) in [6.45, 7) is 0.0208. The maximum absolute atomic E-state index is 13.7. The monoisotopic (exact) mass is 556 g/mol. The highest BCUT2D eigenvalue weighted by Gasteiger charge is 2.35. The number of amides is 1. The van der Waals surface area contributed by atoms with Gasteiger partial charge in [0.05, 0.1) is 23.1 Å². The Hall–Kier alpha value is -2.75. The van der Waals surface area contributed by atoms with Crippen LogP contribution in [0.15, 0.2) is 83.8 Å². The van der Waals surface area contributed by atoms with Gasteiger partial charge in [0.25, 0.3) is 0 Å². The van der Waals surface area contributed by atoms with Crippen molar-refractivity contribution in [3.05, 3.63) is 101 Å². The third kappa shape index (κ3) is 7.01. The largest absolute Gasteiger partial charge is 0.380 e. The predicted molar refractivity (Wildman–Crippen MR) is 148 cm³/mol. The molecule has 2 N–H and O–H groups in total. The Morgan fingerprint density at radius 2 is 1.68 bits per heavy atom. The normalized spacial score (nSPS) is 18.5. The van der Waals surface area contributed by atoms with Crippen molar-refractivity contribution in [3.8, 4) is 0 Å². The molecule has 38 heavy (non-hydrogen) atoms. The lowest BCUT2D eigenvalue weighted by Crippen LogP contribution is -2.42. The van der Waals surface area contributed by atoms with E-state index >= 15 is 0 Å². The minimum atomic E-state index is -3.77. The van der Waals surface area contributed by atoms with Crippen LogP contribution in [0.25, 0.3) is 0 Å². The molecule has 3 aromatic rings. The Balaban J connectivity index is 1.49. The maximum atomic E-state index is 13.7. The molecule has 9 heteroatoms. The number of carbonyl (C=O) groups is 1. The van der Waals surface area contributed by atoms with Crippen molar-refractivity contribution in [2.24, 2.45) is 5.92 Å². The van der Waals surface area contributed by atoms with E-state index in [1.807, 2.05) is 48.5 Å². The molecule has 0 aliphatic heterocycles. The van der Waals surface area contributed by atoms with Gasteiger partial charge in [0.15, 0.2) is 0 Å². The highest BCUT2D eigenvalue weighted by atomic mass is 35.5. The first-order chi connectivity index (χ1) is 18.3. The van der Waals surface area contributed by atoms with Crippen molar-refractivity contribution >= 4 is 27.5 Å². The van der Waals surface area contributed by atoms with E-state index < -0.39 is 22.0 Å². The molecule has 202 valence electrons. The number of hydrogen-bond donors (Lipinski definition) is 2. The smallest absolute Gasteiger partial charge is 0.240 e. The maximum Gasteiger partial charge on any atom is 0.240 e. The molecular weight excluding hydrogens is 524 g/mol. The molecular formula is C29H33ClN2O5S. The topological polar surface area (TPSA) is 93.7 Å². The summed E-state index contributed by atoms with van der Waals surface area (Å²) in [5.74, 6) is -0.576. The van der Waals surface area contributed by atoms with E-state index in [9.17, 15) is 13.2 Å². The van der Waals surface area contributed by atoms with Crippen LogP contribution in [0.3, 0.4) is 0 Å². The van der Waals surface area contributed by atoms with Crippen LogP contribution in [0.5, 0.6) is 0 Å². The molecule has 1 aliphatic rings. The van der Waals surface area contributed by atoms with Gasteiger partial charge < -0.3 is 14.8 Å². The summed E-state index contributed by atoms with van der Waals surface area (Å²) in [5.41, 5.74) is 3.24. The van der Waals surface area contributed by atoms with Crippen molar-refractivity contribution in [1.82, 2.24) is 10.0 Å². The summed E-state index contributed by atoms with van der Waals surface area (Å²) in [4.78, 5) is 13.8. The zero-order valence-electron chi connectivity index (χ0n) is 21.5. The van der Waals surface area contributed by atoms with E-state index in [0.29, 0.717) is 17.9 Å². The Bertz CT molecular complexity index is 1320. The molecule has 0 spiro atoms. The highest BCUT2D eigenvalue weighted by Crippen LogP contribution is 2.33. The van der Waals surface area contributed by atoms with Crippen molar-refractivity contribution in [2.45, 2.75) is 42.4 Å². The van der Waals surface area contributed by atoms with Crippen molar-refractivity contribution in [2.75, 3.05) is 20.8 Å². The summed E-state index contributed by atoms with van der Waals surface area (Å²) >= 11 is 5.89. The summed E-state index contributed by atoms with van der Waals surface area (Å²) in [6.07, 6.45) is 0.868. The summed E-state index contributed by atoms with van der Waals surface area (Å²) in [7, 11) is -0.587. The predicted octanol–water partition coefficient (Wildman–Crippen LogP) is 4.31. The number of fused-ring (bicyclic) bond motifs is 1. The molecule has 1 amide bonds. The number of rotatable bonds is 12. The van der Waals surface area contributed by atoms with Crippen molar-refractivity contribution in [1.29, 1.82) is 0 Å². The molecule has 0 saturated heterocycles. The van der Waals surface area contributed by atoms with Gasteiger partial charge in [0.2, 0.25) is 15.9 Å². The SMILES string of the molecule is CO[C@H](CNS(=O)(=O)c1ccc(Cl)cc1)C[C@@H](Cc1ccccc1)C(=O)N[C@H]1c2ccccc2C[C@H]1OC. The number of halogens is 1. The third-order valence-corrected chi connectivity index (χ3v) is 8.68. The number of ether oxygens (including phenoxy) is 2. The molecule has 0 unspecified atom stereocenters. The van der Waals surface area contributed by atoms with Crippen LogP contribution in [0.2, 0.25) is 5.02 Å². The lowest BCUT2D eigenvalue weighted by atomic mass is 9.92. The van der Waals surface area contributed by atoms with Crippen LogP contribution in [0.4, 0.5) is 0 Å². The van der Waals surface area contributed by atoms with Gasteiger partial charge in [-0.25, -0.2) is 13.1 Å². The molecule has 0 saturated carbocycles. The van der Waals surface area contributed by atoms with Crippen molar-refractivity contribution in [3.63, 3.8) is 0 Å². The first kappa shape index (κ1) is 28.3. The standard InChI is InChI=1S/C29H33ClN2O5S/c1-36-24(19-31-38(34,35)25-14-12-23(30)13-15-25)17-22(16-20-8-4-3-5-9-20)29(33)32-28-26-11-7-6-10-21(26)18-27(28)37-2/h3-15,22,24,27-28,31H,16-19H2,1-2H3,(H,32,33)/t22-,24+,27-,28+/m1/s1. The van der Waals surface area contributed by atoms with Crippen LogP contribution in [0, 0.1) is 5.92 Å². The molecule has 3 aromatic carbocycles. The van der Waals surface area contributed by atoms with E-state index in [1.54, 1.807) is 7.11 Å². The number of methoxy groups -OCH3 is 2. The van der Waals surface area contributed by atoms with Crippen LogP contribution >= 0.6 is 11.6 Å². The average Bonchev–Trinajstić information content (AvgIpc) is 3.28. The van der Waals surface area contributed by atoms with Crippen LogP contribution in [0.1, 0.15) is 29.2 Å². The van der Waals surface area contributed by atoms with Crippen molar-refractivity contribution < 1.29 is 22.7 Å². The second kappa shape index (κ2) is 12.9. The van der Waals surface area contributed by atoms with Gasteiger partial charge in [0, 0.05) is 38.1 Å². The molecule has 4 atom stereocenters. The Kier molecular flexibility index (Phi) is 9.57. The molecule has 1 aliphatic carbocycles. The van der Waals surface area contributed by atoms with Gasteiger partial charge in [0.1, 0.15) is 0 Å². The number of benzene rings is 3. The lowest BCUT2D eigenvalue weighted by molar-refractivity contribution is -0.127. The van der Waals surface area contributed by atoms with Crippen LogP contribution < -0.4 is 10.0 Å². The van der Waals surface area contributed by atoms with Gasteiger partial charge in [-0.1, -0.05) is 66.2 Å². The number of hydrogen-bond acceptors (Lipinski definition) is 5. The summed E-state index contributed by atoms with van der Waals surface area (Å²) < 4.78 is 39.5. The molecule has 0 radical (unpaired) electrons. The quantitative estimate of drug-likeness (QED) is 0.347. The van der Waals surface area contributed by atoms with Gasteiger partial charge >= 0.3 is 0 Å². The number of carbonyl (C=O) groups excluding carboxylic acids is 1. The van der Waals surface area contributed by atoms with Gasteiger partial charge in [-0.3, -0.25) is 4.79 Å². The second-order valence-corrected chi connectivity index (χ2v) is 11.7. The van der Waals surface area contributed by atoms with E-state index in [-0.39, 0.29) is 29.5 Å². The number of nitrogens with one attached hydrogen (secondary N) is 2. The lowest BCUT2D eigenvalue weighted by Gasteiger charge is -2.26. The summed E-state index contributed by atoms with van der Waals surface area (Å²) in [5, 5.41) is 3.67. The summed E-state index contributed by atoms with van der Waals surface area (Å²) in [6, 6.07) is 23.5. The molecule has 4 rings (SSSR count). The van der Waals surface area contributed by atoms with E-state index in [1.165, 1.54) is 31.4 Å². The van der Waals surface area contributed by atoms with Gasteiger partial charge in [-0.2, -0.15) is 0 Å². The van der Waals surface area contributed by atoms with Crippen LogP contribution in [-0.2, 0) is 37.1 Å². The Morgan fingerprint density at radius 1 is 1.00 bits per heavy atom. The van der Waals surface area contributed by atoms with E-state index in [2.05, 4.69) is 16.1 Å². The minimum Gasteiger partial charge on any atom is -0.380 e. The average molecular weight is 557 g/mol. The van der Waals surface area contributed by atoms with Gasteiger partial charge in [-0.15, -0.1) is 0 Å². The molecule has 0 heterocycles. The molecule has 0 fully saturated rings. The first-order valence-electron chi connectivity index (χ1n) is 12.5. The zero-order chi connectivity index (χ0) is 27.1. The Labute approximate surface area is 229 Å². The first-order valence-corrected chi connectivity index (χ1v) is 14.4. The molecule has 7 nitrogen and oxygen atoms in total. The fourth-order valence-corrected chi connectivity index (χ4v) is 6.07. The van der Waals surface area contributed by atoms with E-state index in [0.717, 1.165) is 23.1 Å². The zero-order valence-corrected chi connectivity index (χ0v) is 23.0. The fourth-order valence-electron chi connectivity index (χ4n) is 4.88. The molecule has 0 bridgehead atoms. The second-order valence-electron chi connectivity index (χ2n) is 9.45. The van der Waals surface area contributed by atoms with Crippen LogP contribution in [-0.4, -0.2) is 47.3 Å². The Morgan fingerprint density at radius 3 is 2.37 bits per heavy atom. The van der Waals surface area contributed by atoms with Gasteiger partial charge in [-0.05, 0) is 53.8 Å². The minimum absolute atomic E-state index is 0.0208. The third-order valence-electron chi connectivity index (χ3n) is 6.98. The van der Waals surface area contributed by atoms with E-state index in [4.69, 9.17) is 21.1 Å². The fraction of sp³-hybridized carbons (Fsp3) is 0.345. The number of sulfonamides is 1.